The molecule has 2 aromatic carbocycles. The number of nitrogens with one attached hydrogen (secondary N) is 2. The highest BCUT2D eigenvalue weighted by Gasteiger charge is 2.10. The predicted octanol–water partition coefficient (Wildman–Crippen LogP) is 4.21. The van der Waals surface area contributed by atoms with Gasteiger partial charge in [-0.15, -0.1) is 11.8 Å². The minimum atomic E-state index is -0.379. The molecule has 3 aromatic rings. The van der Waals surface area contributed by atoms with E-state index in [1.54, 1.807) is 11.8 Å². The van der Waals surface area contributed by atoms with Crippen molar-refractivity contribution in [1.82, 2.24) is 10.3 Å². The first kappa shape index (κ1) is 20.3. The lowest BCUT2D eigenvalue weighted by Gasteiger charge is -2.07. The lowest BCUT2D eigenvalue weighted by Crippen LogP contribution is -2.30. The quantitative estimate of drug-likeness (QED) is 0.311. The fraction of sp³-hybridized carbons (Fsp3) is 0.238. The van der Waals surface area contributed by atoms with Crippen LogP contribution in [0.15, 0.2) is 59.6 Å². The Morgan fingerprint density at radius 1 is 1.11 bits per heavy atom. The van der Waals surface area contributed by atoms with E-state index in [9.17, 15) is 9.59 Å². The molecule has 1 amide bonds. The second kappa shape index (κ2) is 10.2. The summed E-state index contributed by atoms with van der Waals surface area (Å²) in [5, 5.41) is 4.55. The van der Waals surface area contributed by atoms with Crippen molar-refractivity contribution in [2.45, 2.75) is 17.7 Å². The van der Waals surface area contributed by atoms with Crippen LogP contribution in [-0.4, -0.2) is 35.8 Å². The molecular weight excluding hydrogens is 396 g/mol. The Bertz CT molecular complexity index is 940. The molecule has 0 aliphatic heterocycles. The predicted molar refractivity (Wildman–Crippen MR) is 113 cm³/mol. The van der Waals surface area contributed by atoms with Crippen LogP contribution in [0.3, 0.4) is 0 Å². The summed E-state index contributed by atoms with van der Waals surface area (Å²) in [5.74, 6) is 0.0511. The number of hydrogen-bond donors (Lipinski definition) is 2. The summed E-state index contributed by atoms with van der Waals surface area (Å²) in [6.45, 7) is 0.247. The number of carbonyl (C=O) groups is 2. The Kier molecular flexibility index (Phi) is 7.39. The van der Waals surface area contributed by atoms with E-state index < -0.39 is 0 Å². The van der Waals surface area contributed by atoms with Crippen molar-refractivity contribution in [2.75, 3.05) is 18.9 Å². The number of aryl methyl sites for hydroxylation is 1. The van der Waals surface area contributed by atoms with Crippen LogP contribution >= 0.6 is 23.4 Å². The van der Waals surface area contributed by atoms with Gasteiger partial charge in [0.05, 0.1) is 0 Å². The van der Waals surface area contributed by atoms with E-state index in [4.69, 9.17) is 16.3 Å². The van der Waals surface area contributed by atoms with Crippen LogP contribution in [0.5, 0.6) is 0 Å². The van der Waals surface area contributed by atoms with Crippen LogP contribution in [-0.2, 0) is 20.7 Å². The molecule has 2 N–H and O–H groups in total. The number of aromatic amines is 1. The van der Waals surface area contributed by atoms with Crippen molar-refractivity contribution >= 4 is 46.1 Å². The normalized spacial score (nSPS) is 10.8. The SMILES string of the molecule is O=C(COC(=O)CCc1c[nH]c2ccccc12)NCCSc1ccc(Cl)cc1. The third-order valence-corrected chi connectivity index (χ3v) is 5.41. The van der Waals surface area contributed by atoms with E-state index in [2.05, 4.69) is 10.3 Å². The molecule has 0 saturated heterocycles. The van der Waals surface area contributed by atoms with Crippen LogP contribution in [0.1, 0.15) is 12.0 Å². The zero-order chi connectivity index (χ0) is 19.8. The molecule has 0 aliphatic carbocycles. The van der Waals surface area contributed by atoms with Crippen molar-refractivity contribution in [3.05, 3.63) is 65.3 Å². The topological polar surface area (TPSA) is 71.2 Å². The molecule has 28 heavy (non-hydrogen) atoms. The Morgan fingerprint density at radius 3 is 2.71 bits per heavy atom. The van der Waals surface area contributed by atoms with Gasteiger partial charge in [0.2, 0.25) is 0 Å². The first-order chi connectivity index (χ1) is 13.6. The molecule has 0 radical (unpaired) electrons. The summed E-state index contributed by atoms with van der Waals surface area (Å²) in [7, 11) is 0. The number of hydrogen-bond acceptors (Lipinski definition) is 4. The number of H-pyrrole nitrogens is 1. The third kappa shape index (κ3) is 6.04. The van der Waals surface area contributed by atoms with Gasteiger partial charge in [-0.2, -0.15) is 0 Å². The Balaban J connectivity index is 1.30. The molecule has 7 heteroatoms. The first-order valence-electron chi connectivity index (χ1n) is 8.97. The Labute approximate surface area is 172 Å². The zero-order valence-electron chi connectivity index (χ0n) is 15.2. The molecule has 1 aromatic heterocycles. The van der Waals surface area contributed by atoms with E-state index in [1.807, 2.05) is 54.7 Å². The van der Waals surface area contributed by atoms with Crippen LogP contribution in [0, 0.1) is 0 Å². The van der Waals surface area contributed by atoms with Crippen molar-refractivity contribution in [1.29, 1.82) is 0 Å². The molecular formula is C21H21ClN2O3S. The number of benzene rings is 2. The highest BCUT2D eigenvalue weighted by molar-refractivity contribution is 7.99. The monoisotopic (exact) mass is 416 g/mol. The Hall–Kier alpha value is -2.44. The van der Waals surface area contributed by atoms with E-state index in [-0.39, 0.29) is 24.9 Å². The molecule has 5 nitrogen and oxygen atoms in total. The molecule has 0 atom stereocenters. The van der Waals surface area contributed by atoms with Gasteiger partial charge < -0.3 is 15.0 Å². The van der Waals surface area contributed by atoms with Gasteiger partial charge in [0.15, 0.2) is 6.61 Å². The number of thioether (sulfide) groups is 1. The maximum absolute atomic E-state index is 11.9. The van der Waals surface area contributed by atoms with Gasteiger partial charge in [-0.05, 0) is 42.3 Å². The second-order valence-electron chi connectivity index (χ2n) is 6.17. The number of rotatable bonds is 9. The van der Waals surface area contributed by atoms with Gasteiger partial charge in [-0.1, -0.05) is 29.8 Å². The largest absolute Gasteiger partial charge is 0.456 e. The number of carbonyl (C=O) groups excluding carboxylic acids is 2. The second-order valence-corrected chi connectivity index (χ2v) is 7.78. The standard InChI is InChI=1S/C21H21ClN2O3S/c22-16-6-8-17(9-7-16)28-12-11-23-20(25)14-27-21(26)10-5-15-13-24-19-4-2-1-3-18(15)19/h1-4,6-9,13,24H,5,10-12,14H2,(H,23,25). The van der Waals surface area contributed by atoms with E-state index >= 15 is 0 Å². The first-order valence-corrected chi connectivity index (χ1v) is 10.3. The van der Waals surface area contributed by atoms with Crippen molar-refractivity contribution in [2.24, 2.45) is 0 Å². The number of para-hydroxylation sites is 1. The third-order valence-electron chi connectivity index (χ3n) is 4.14. The Morgan fingerprint density at radius 2 is 1.89 bits per heavy atom. The van der Waals surface area contributed by atoms with E-state index in [0.717, 1.165) is 27.1 Å². The van der Waals surface area contributed by atoms with Crippen LogP contribution < -0.4 is 5.32 Å². The van der Waals surface area contributed by atoms with Gasteiger partial charge in [-0.3, -0.25) is 9.59 Å². The van der Waals surface area contributed by atoms with Crippen molar-refractivity contribution < 1.29 is 14.3 Å². The molecule has 0 fully saturated rings. The summed E-state index contributed by atoms with van der Waals surface area (Å²) in [5.41, 5.74) is 2.11. The van der Waals surface area contributed by atoms with E-state index in [1.165, 1.54) is 0 Å². The average molecular weight is 417 g/mol. The van der Waals surface area contributed by atoms with Gasteiger partial charge >= 0.3 is 5.97 Å². The highest BCUT2D eigenvalue weighted by atomic mass is 35.5. The van der Waals surface area contributed by atoms with Gasteiger partial charge in [0.1, 0.15) is 0 Å². The lowest BCUT2D eigenvalue weighted by atomic mass is 10.1. The number of amides is 1. The summed E-state index contributed by atoms with van der Waals surface area (Å²) >= 11 is 7.46. The highest BCUT2D eigenvalue weighted by Crippen LogP contribution is 2.20. The minimum absolute atomic E-state index is 0.238. The maximum atomic E-state index is 11.9. The molecule has 0 aliphatic rings. The lowest BCUT2D eigenvalue weighted by molar-refractivity contribution is -0.148. The fourth-order valence-electron chi connectivity index (χ4n) is 2.73. The summed E-state index contributed by atoms with van der Waals surface area (Å²) in [6.07, 6.45) is 2.72. The summed E-state index contributed by atoms with van der Waals surface area (Å²) < 4.78 is 5.06. The van der Waals surface area contributed by atoms with Crippen LogP contribution in [0.2, 0.25) is 5.02 Å². The zero-order valence-corrected chi connectivity index (χ0v) is 16.8. The van der Waals surface area contributed by atoms with Gasteiger partial charge in [-0.25, -0.2) is 0 Å². The summed E-state index contributed by atoms with van der Waals surface area (Å²) in [4.78, 5) is 28.0. The van der Waals surface area contributed by atoms with E-state index in [0.29, 0.717) is 18.0 Å². The van der Waals surface area contributed by atoms with Crippen molar-refractivity contribution in [3.8, 4) is 0 Å². The summed E-state index contributed by atoms with van der Waals surface area (Å²) in [6, 6.07) is 15.5. The number of aromatic nitrogens is 1. The average Bonchev–Trinajstić information content (AvgIpc) is 3.12. The van der Waals surface area contributed by atoms with Crippen LogP contribution in [0.25, 0.3) is 10.9 Å². The van der Waals surface area contributed by atoms with Gasteiger partial charge in [0.25, 0.3) is 5.91 Å². The number of fused-ring (bicyclic) bond motifs is 1. The van der Waals surface area contributed by atoms with Gasteiger partial charge in [0, 0.05) is 45.7 Å². The molecule has 0 saturated carbocycles. The van der Waals surface area contributed by atoms with Crippen molar-refractivity contribution in [3.63, 3.8) is 0 Å². The minimum Gasteiger partial charge on any atom is -0.456 e. The molecule has 0 bridgehead atoms. The van der Waals surface area contributed by atoms with Crippen LogP contribution in [0.4, 0.5) is 0 Å². The molecule has 146 valence electrons. The molecule has 1 heterocycles. The number of halogens is 1. The smallest absolute Gasteiger partial charge is 0.306 e. The molecule has 3 rings (SSSR count). The molecule has 0 unspecified atom stereocenters. The number of esters is 1. The fourth-order valence-corrected chi connectivity index (χ4v) is 3.63. The maximum Gasteiger partial charge on any atom is 0.306 e. The molecule has 0 spiro atoms. The number of ether oxygens (including phenoxy) is 1.